The number of thiazole rings is 1. The zero-order valence-corrected chi connectivity index (χ0v) is 13.5. The number of carbonyl (C=O) groups excluding carboxylic acids is 1. The van der Waals surface area contributed by atoms with Gasteiger partial charge in [-0.2, -0.15) is 0 Å². The van der Waals surface area contributed by atoms with E-state index in [2.05, 4.69) is 10.3 Å². The fourth-order valence-corrected chi connectivity index (χ4v) is 2.96. The van der Waals surface area contributed by atoms with Crippen molar-refractivity contribution in [3.05, 3.63) is 47.0 Å². The lowest BCUT2D eigenvalue weighted by atomic mass is 10.1. The van der Waals surface area contributed by atoms with Crippen molar-refractivity contribution in [3.63, 3.8) is 0 Å². The molecule has 0 saturated carbocycles. The Balaban J connectivity index is 2.00. The first-order chi connectivity index (χ1) is 10.7. The first kappa shape index (κ1) is 16.5. The van der Waals surface area contributed by atoms with E-state index in [1.165, 1.54) is 16.9 Å². The van der Waals surface area contributed by atoms with Crippen LogP contribution in [0.5, 0.6) is 0 Å². The maximum absolute atomic E-state index is 12.5. The van der Waals surface area contributed by atoms with Crippen LogP contribution in [0.15, 0.2) is 36.5 Å². The molecule has 0 saturated heterocycles. The van der Waals surface area contributed by atoms with Crippen molar-refractivity contribution < 1.29 is 9.90 Å². The number of hydrogen-bond acceptors (Lipinski definition) is 5. The number of nitrogens with one attached hydrogen (secondary N) is 1. The van der Waals surface area contributed by atoms with Crippen LogP contribution in [-0.4, -0.2) is 47.1 Å². The van der Waals surface area contributed by atoms with Crippen molar-refractivity contribution in [2.75, 3.05) is 31.6 Å². The normalized spacial score (nSPS) is 10.5. The molecule has 0 radical (unpaired) electrons. The number of rotatable bonds is 8. The highest BCUT2D eigenvalue weighted by Crippen LogP contribution is 2.19. The predicted molar refractivity (Wildman–Crippen MR) is 89.4 cm³/mol. The summed E-state index contributed by atoms with van der Waals surface area (Å²) >= 11 is 1.35. The fraction of sp³-hybridized carbons (Fsp3) is 0.375. The number of aliphatic hydroxyl groups excluding tert-OH is 1. The second-order valence-corrected chi connectivity index (χ2v) is 5.84. The summed E-state index contributed by atoms with van der Waals surface area (Å²) in [6, 6.07) is 10.0. The average Bonchev–Trinajstić information content (AvgIpc) is 3.01. The molecule has 1 aromatic heterocycles. The third kappa shape index (κ3) is 4.54. The summed E-state index contributed by atoms with van der Waals surface area (Å²) in [7, 11) is 0. The highest BCUT2D eigenvalue weighted by molar-refractivity contribution is 7.17. The molecule has 1 aromatic carbocycles. The number of carbonyl (C=O) groups is 1. The average molecular weight is 319 g/mol. The number of benzene rings is 1. The highest BCUT2D eigenvalue weighted by Gasteiger charge is 2.18. The standard InChI is InChI=1S/C16H21N3O2S/c1-2-17-16-18-12-14(22-16)15(21)19(10-11-20)9-8-13-6-4-3-5-7-13/h3-7,12,20H,2,8-11H2,1H3,(H,17,18). The van der Waals surface area contributed by atoms with Gasteiger partial charge in [0.2, 0.25) is 0 Å². The van der Waals surface area contributed by atoms with Crippen LogP contribution in [0.1, 0.15) is 22.2 Å². The van der Waals surface area contributed by atoms with Crippen LogP contribution in [0, 0.1) is 0 Å². The zero-order valence-electron chi connectivity index (χ0n) is 12.7. The number of nitrogens with zero attached hydrogens (tertiary/aromatic N) is 2. The van der Waals surface area contributed by atoms with Gasteiger partial charge in [0.15, 0.2) is 5.13 Å². The molecule has 0 bridgehead atoms. The molecule has 118 valence electrons. The Bertz CT molecular complexity index is 586. The lowest BCUT2D eigenvalue weighted by molar-refractivity contribution is 0.0728. The Morgan fingerprint density at radius 1 is 1.32 bits per heavy atom. The van der Waals surface area contributed by atoms with Crippen LogP contribution >= 0.6 is 11.3 Å². The lowest BCUT2D eigenvalue weighted by Crippen LogP contribution is -2.34. The summed E-state index contributed by atoms with van der Waals surface area (Å²) in [5.74, 6) is -0.0772. The highest BCUT2D eigenvalue weighted by atomic mass is 32.1. The van der Waals surface area contributed by atoms with Gasteiger partial charge >= 0.3 is 0 Å². The molecule has 5 nitrogen and oxygen atoms in total. The van der Waals surface area contributed by atoms with Crippen LogP contribution in [0.4, 0.5) is 5.13 Å². The smallest absolute Gasteiger partial charge is 0.265 e. The molecule has 0 atom stereocenters. The molecular weight excluding hydrogens is 298 g/mol. The minimum absolute atomic E-state index is 0.0423. The number of amides is 1. The van der Waals surface area contributed by atoms with Crippen LogP contribution in [-0.2, 0) is 6.42 Å². The molecular formula is C16H21N3O2S. The van der Waals surface area contributed by atoms with E-state index < -0.39 is 0 Å². The Labute approximate surface area is 134 Å². The van der Waals surface area contributed by atoms with Gasteiger partial charge in [0, 0.05) is 19.6 Å². The molecule has 0 unspecified atom stereocenters. The summed E-state index contributed by atoms with van der Waals surface area (Å²) in [4.78, 5) is 19.0. The third-order valence-electron chi connectivity index (χ3n) is 3.21. The summed E-state index contributed by atoms with van der Waals surface area (Å²) in [5.41, 5.74) is 1.18. The first-order valence-electron chi connectivity index (χ1n) is 7.38. The third-order valence-corrected chi connectivity index (χ3v) is 4.16. The molecule has 0 spiro atoms. The maximum atomic E-state index is 12.5. The minimum atomic E-state index is -0.0772. The van der Waals surface area contributed by atoms with E-state index in [1.807, 2.05) is 37.3 Å². The summed E-state index contributed by atoms with van der Waals surface area (Å²) in [6.07, 6.45) is 2.36. The van der Waals surface area contributed by atoms with E-state index in [9.17, 15) is 9.90 Å². The molecule has 0 aliphatic carbocycles. The Kier molecular flexibility index (Phi) is 6.36. The van der Waals surface area contributed by atoms with Crippen LogP contribution < -0.4 is 5.32 Å². The lowest BCUT2D eigenvalue weighted by Gasteiger charge is -2.20. The van der Waals surface area contributed by atoms with Gasteiger partial charge in [0.1, 0.15) is 4.88 Å². The van der Waals surface area contributed by atoms with Gasteiger partial charge in [-0.25, -0.2) is 4.98 Å². The van der Waals surface area contributed by atoms with Crippen molar-refractivity contribution in [1.82, 2.24) is 9.88 Å². The molecule has 22 heavy (non-hydrogen) atoms. The van der Waals surface area contributed by atoms with Crippen molar-refractivity contribution in [2.45, 2.75) is 13.3 Å². The maximum Gasteiger partial charge on any atom is 0.265 e. The Morgan fingerprint density at radius 2 is 2.09 bits per heavy atom. The van der Waals surface area contributed by atoms with E-state index in [0.717, 1.165) is 18.1 Å². The largest absolute Gasteiger partial charge is 0.395 e. The summed E-state index contributed by atoms with van der Waals surface area (Å²) in [6.45, 7) is 3.63. The van der Waals surface area contributed by atoms with E-state index in [4.69, 9.17) is 0 Å². The molecule has 2 N–H and O–H groups in total. The van der Waals surface area contributed by atoms with E-state index in [1.54, 1.807) is 11.1 Å². The first-order valence-corrected chi connectivity index (χ1v) is 8.20. The molecule has 2 aromatic rings. The Morgan fingerprint density at radius 3 is 2.77 bits per heavy atom. The monoisotopic (exact) mass is 319 g/mol. The molecule has 0 aliphatic rings. The summed E-state index contributed by atoms with van der Waals surface area (Å²) in [5, 5.41) is 13.0. The van der Waals surface area contributed by atoms with Crippen LogP contribution in [0.3, 0.4) is 0 Å². The summed E-state index contributed by atoms with van der Waals surface area (Å²) < 4.78 is 0. The SMILES string of the molecule is CCNc1ncc(C(=O)N(CCO)CCc2ccccc2)s1. The van der Waals surface area contributed by atoms with Crippen LogP contribution in [0.25, 0.3) is 0 Å². The van der Waals surface area contributed by atoms with Crippen LogP contribution in [0.2, 0.25) is 0 Å². The van der Waals surface area contributed by atoms with E-state index in [-0.39, 0.29) is 12.5 Å². The molecule has 2 rings (SSSR count). The van der Waals surface area contributed by atoms with Crippen molar-refractivity contribution >= 4 is 22.4 Å². The number of aromatic nitrogens is 1. The second-order valence-electron chi connectivity index (χ2n) is 4.81. The van der Waals surface area contributed by atoms with Gasteiger partial charge < -0.3 is 15.3 Å². The number of hydrogen-bond donors (Lipinski definition) is 2. The van der Waals surface area contributed by atoms with Gasteiger partial charge in [-0.05, 0) is 18.9 Å². The topological polar surface area (TPSA) is 65.5 Å². The Hall–Kier alpha value is -1.92. The molecule has 6 heteroatoms. The van der Waals surface area contributed by atoms with E-state index >= 15 is 0 Å². The molecule has 1 amide bonds. The fourth-order valence-electron chi connectivity index (χ4n) is 2.11. The van der Waals surface area contributed by atoms with Gasteiger partial charge in [-0.3, -0.25) is 4.79 Å². The van der Waals surface area contributed by atoms with Gasteiger partial charge in [-0.15, -0.1) is 0 Å². The van der Waals surface area contributed by atoms with Gasteiger partial charge in [0.25, 0.3) is 5.91 Å². The second kappa shape index (κ2) is 8.51. The molecule has 0 fully saturated rings. The quantitative estimate of drug-likeness (QED) is 0.783. The van der Waals surface area contributed by atoms with Crippen molar-refractivity contribution in [1.29, 1.82) is 0 Å². The number of anilines is 1. The zero-order chi connectivity index (χ0) is 15.8. The van der Waals surface area contributed by atoms with E-state index in [0.29, 0.717) is 18.0 Å². The van der Waals surface area contributed by atoms with Gasteiger partial charge in [-0.1, -0.05) is 41.7 Å². The minimum Gasteiger partial charge on any atom is -0.395 e. The number of aliphatic hydroxyl groups is 1. The van der Waals surface area contributed by atoms with Crippen molar-refractivity contribution in [2.24, 2.45) is 0 Å². The van der Waals surface area contributed by atoms with Crippen molar-refractivity contribution in [3.8, 4) is 0 Å². The predicted octanol–water partition coefficient (Wildman–Crippen LogP) is 2.25. The molecule has 0 aliphatic heterocycles. The van der Waals surface area contributed by atoms with Gasteiger partial charge in [0.05, 0.1) is 12.8 Å². The molecule has 1 heterocycles.